The lowest BCUT2D eigenvalue weighted by Crippen LogP contribution is -2.07. The van der Waals surface area contributed by atoms with Gasteiger partial charge in [-0.2, -0.15) is 0 Å². The number of esters is 1. The van der Waals surface area contributed by atoms with Crippen LogP contribution in [0.2, 0.25) is 0 Å². The molecule has 0 aliphatic heterocycles. The maximum Gasteiger partial charge on any atom is 0.316 e. The van der Waals surface area contributed by atoms with Crippen LogP contribution < -0.4 is 5.43 Å². The average molecular weight is 372 g/mol. The van der Waals surface area contributed by atoms with Crippen molar-refractivity contribution < 1.29 is 9.53 Å². The predicted octanol–water partition coefficient (Wildman–Crippen LogP) is 3.20. The Morgan fingerprint density at radius 3 is 2.88 bits per heavy atom. The molecule has 0 saturated carbocycles. The van der Waals surface area contributed by atoms with Gasteiger partial charge >= 0.3 is 5.97 Å². The number of para-hydroxylation sites is 1. The molecule has 5 nitrogen and oxygen atoms in total. The van der Waals surface area contributed by atoms with Gasteiger partial charge in [0.2, 0.25) is 5.43 Å². The number of methoxy groups -OCH3 is 1. The Hall–Kier alpha value is -2.12. The Morgan fingerprint density at radius 1 is 1.32 bits per heavy atom. The van der Waals surface area contributed by atoms with E-state index in [2.05, 4.69) is 4.98 Å². The summed E-state index contributed by atoms with van der Waals surface area (Å²) >= 11 is 2.93. The summed E-state index contributed by atoms with van der Waals surface area (Å²) < 4.78 is 6.70. The average Bonchev–Trinajstić information content (AvgIpc) is 3.25. The first kappa shape index (κ1) is 16.4. The molecule has 128 valence electrons. The number of benzene rings is 1. The summed E-state index contributed by atoms with van der Waals surface area (Å²) in [6, 6.07) is 9.81. The highest BCUT2D eigenvalue weighted by Gasteiger charge is 2.23. The van der Waals surface area contributed by atoms with Crippen LogP contribution in [0, 0.1) is 0 Å². The predicted molar refractivity (Wildman–Crippen MR) is 100.0 cm³/mol. The Bertz CT molecular complexity index is 1010. The number of imidazole rings is 1. The van der Waals surface area contributed by atoms with Crippen molar-refractivity contribution in [3.05, 3.63) is 51.0 Å². The van der Waals surface area contributed by atoms with Gasteiger partial charge in [0.15, 0.2) is 5.16 Å². The lowest BCUT2D eigenvalue weighted by Gasteiger charge is -2.08. The zero-order valence-electron chi connectivity index (χ0n) is 13.7. The van der Waals surface area contributed by atoms with Crippen molar-refractivity contribution in [3.8, 4) is 5.69 Å². The fourth-order valence-corrected chi connectivity index (χ4v) is 5.26. The summed E-state index contributed by atoms with van der Waals surface area (Å²) in [5, 5.41) is 0.642. The zero-order chi connectivity index (χ0) is 17.4. The van der Waals surface area contributed by atoms with Crippen LogP contribution in [0.25, 0.3) is 16.0 Å². The quantitative estimate of drug-likeness (QED) is 0.520. The third-order valence-electron chi connectivity index (χ3n) is 4.24. The molecule has 0 spiro atoms. The molecule has 3 aromatic rings. The second kappa shape index (κ2) is 6.65. The third-order valence-corrected chi connectivity index (χ3v) is 6.42. The van der Waals surface area contributed by atoms with Crippen molar-refractivity contribution in [1.82, 2.24) is 9.55 Å². The van der Waals surface area contributed by atoms with E-state index in [0.717, 1.165) is 35.3 Å². The summed E-state index contributed by atoms with van der Waals surface area (Å²) in [7, 11) is 1.37. The van der Waals surface area contributed by atoms with Crippen molar-refractivity contribution in [2.45, 2.75) is 24.4 Å². The van der Waals surface area contributed by atoms with Gasteiger partial charge in [0.1, 0.15) is 10.3 Å². The fraction of sp³-hybridized carbons (Fsp3) is 0.278. The summed E-state index contributed by atoms with van der Waals surface area (Å²) in [4.78, 5) is 31.0. The number of ether oxygens (including phenoxy) is 1. The highest BCUT2D eigenvalue weighted by molar-refractivity contribution is 7.99. The van der Waals surface area contributed by atoms with Gasteiger partial charge in [0.25, 0.3) is 0 Å². The smallest absolute Gasteiger partial charge is 0.316 e. The molecular formula is C18H16N2O3S2. The topological polar surface area (TPSA) is 61.2 Å². The van der Waals surface area contributed by atoms with Crippen LogP contribution in [0.5, 0.6) is 0 Å². The molecule has 0 amide bonds. The molecule has 0 atom stereocenters. The minimum atomic E-state index is -0.315. The normalized spacial score (nSPS) is 13.2. The van der Waals surface area contributed by atoms with E-state index >= 15 is 0 Å². The molecule has 7 heteroatoms. The molecule has 0 bridgehead atoms. The van der Waals surface area contributed by atoms with Crippen molar-refractivity contribution in [2.24, 2.45) is 0 Å². The Morgan fingerprint density at radius 2 is 2.12 bits per heavy atom. The lowest BCUT2D eigenvalue weighted by atomic mass is 10.2. The summed E-state index contributed by atoms with van der Waals surface area (Å²) in [5.74, 6) is -0.157. The van der Waals surface area contributed by atoms with Gasteiger partial charge in [-0.05, 0) is 31.4 Å². The molecule has 2 heterocycles. The number of aromatic nitrogens is 2. The van der Waals surface area contributed by atoms with Gasteiger partial charge in [-0.15, -0.1) is 11.3 Å². The lowest BCUT2D eigenvalue weighted by molar-refractivity contribution is -0.137. The van der Waals surface area contributed by atoms with Crippen molar-refractivity contribution in [1.29, 1.82) is 0 Å². The monoisotopic (exact) mass is 372 g/mol. The number of carbonyl (C=O) groups excluding carboxylic acids is 1. The van der Waals surface area contributed by atoms with Crippen LogP contribution in [0.3, 0.4) is 0 Å². The molecule has 0 saturated heterocycles. The fourth-order valence-electron chi connectivity index (χ4n) is 3.04. The molecule has 25 heavy (non-hydrogen) atoms. The molecule has 4 rings (SSSR count). The molecule has 0 fully saturated rings. The summed E-state index contributed by atoms with van der Waals surface area (Å²) in [5.41, 5.74) is 2.39. The zero-order valence-corrected chi connectivity index (χ0v) is 15.3. The van der Waals surface area contributed by atoms with Crippen molar-refractivity contribution in [3.63, 3.8) is 0 Å². The summed E-state index contributed by atoms with van der Waals surface area (Å²) in [6.07, 6.45) is 2.82. The van der Waals surface area contributed by atoms with E-state index < -0.39 is 0 Å². The number of nitrogens with zero attached hydrogens (tertiary/aromatic N) is 2. The second-order valence-corrected chi connectivity index (χ2v) is 7.80. The van der Waals surface area contributed by atoms with E-state index in [-0.39, 0.29) is 17.2 Å². The number of thioether (sulfide) groups is 1. The van der Waals surface area contributed by atoms with E-state index in [4.69, 9.17) is 4.74 Å². The number of aryl methyl sites for hydroxylation is 1. The SMILES string of the molecule is COC(=O)CSc1nc2c(=O)c3c(sc2n1-c1ccccc1)CCC3. The van der Waals surface area contributed by atoms with Crippen molar-refractivity contribution in [2.75, 3.05) is 12.9 Å². The minimum Gasteiger partial charge on any atom is -0.468 e. The second-order valence-electron chi connectivity index (χ2n) is 5.77. The number of fused-ring (bicyclic) bond motifs is 2. The Kier molecular flexibility index (Phi) is 4.35. The largest absolute Gasteiger partial charge is 0.468 e. The van der Waals surface area contributed by atoms with E-state index in [0.29, 0.717) is 10.7 Å². The minimum absolute atomic E-state index is 0.0378. The molecule has 1 aliphatic rings. The molecule has 2 aromatic heterocycles. The van der Waals surface area contributed by atoms with Crippen LogP contribution in [-0.2, 0) is 22.4 Å². The standard InChI is InChI=1S/C18H16N2O3S2/c1-23-14(21)10-24-18-19-15-16(22)12-8-5-9-13(12)25-17(15)20(18)11-6-3-2-4-7-11/h2-4,6-7H,5,8-10H2,1H3. The van der Waals surface area contributed by atoms with Gasteiger partial charge in [0, 0.05) is 16.1 Å². The van der Waals surface area contributed by atoms with Gasteiger partial charge in [-0.3, -0.25) is 14.2 Å². The van der Waals surface area contributed by atoms with E-state index in [1.165, 1.54) is 23.7 Å². The molecular weight excluding hydrogens is 356 g/mol. The Balaban J connectivity index is 1.93. The number of hydrogen-bond donors (Lipinski definition) is 0. The molecule has 0 N–H and O–H groups in total. The van der Waals surface area contributed by atoms with Crippen LogP contribution in [0.4, 0.5) is 0 Å². The van der Waals surface area contributed by atoms with Gasteiger partial charge in [0.05, 0.1) is 12.9 Å². The molecule has 0 unspecified atom stereocenters. The number of rotatable bonds is 4. The van der Waals surface area contributed by atoms with E-state index in [1.54, 1.807) is 11.3 Å². The number of hydrogen-bond acceptors (Lipinski definition) is 6. The maximum absolute atomic E-state index is 12.8. The molecule has 1 aromatic carbocycles. The molecule has 0 radical (unpaired) electrons. The first-order chi connectivity index (χ1) is 12.2. The van der Waals surface area contributed by atoms with E-state index in [1.807, 2.05) is 34.9 Å². The first-order valence-electron chi connectivity index (χ1n) is 8.01. The van der Waals surface area contributed by atoms with Gasteiger partial charge in [-0.25, -0.2) is 4.98 Å². The van der Waals surface area contributed by atoms with Crippen LogP contribution >= 0.6 is 23.1 Å². The Labute approximate surface area is 152 Å². The van der Waals surface area contributed by atoms with Crippen LogP contribution in [0.1, 0.15) is 16.9 Å². The van der Waals surface area contributed by atoms with Crippen molar-refractivity contribution >= 4 is 39.4 Å². The van der Waals surface area contributed by atoms with E-state index in [9.17, 15) is 9.59 Å². The number of carbonyl (C=O) groups is 1. The summed E-state index contributed by atoms with van der Waals surface area (Å²) in [6.45, 7) is 0. The van der Waals surface area contributed by atoms with Crippen LogP contribution in [-0.4, -0.2) is 28.4 Å². The highest BCUT2D eigenvalue weighted by Crippen LogP contribution is 2.33. The highest BCUT2D eigenvalue weighted by atomic mass is 32.2. The third kappa shape index (κ3) is 2.87. The van der Waals surface area contributed by atoms with Gasteiger partial charge < -0.3 is 4.74 Å². The maximum atomic E-state index is 12.8. The first-order valence-corrected chi connectivity index (χ1v) is 9.81. The van der Waals surface area contributed by atoms with Crippen LogP contribution in [0.15, 0.2) is 40.3 Å². The van der Waals surface area contributed by atoms with Gasteiger partial charge in [-0.1, -0.05) is 30.0 Å². The molecule has 1 aliphatic carbocycles.